The zero-order chi connectivity index (χ0) is 22.0. The van der Waals surface area contributed by atoms with Gasteiger partial charge in [0.25, 0.3) is 11.8 Å². The lowest BCUT2D eigenvalue weighted by Crippen LogP contribution is -2.47. The number of nitrogens with zero attached hydrogens (tertiary/aromatic N) is 7. The van der Waals surface area contributed by atoms with Crippen LogP contribution < -0.4 is 5.32 Å². The van der Waals surface area contributed by atoms with Gasteiger partial charge in [-0.15, -0.1) is 0 Å². The molecule has 0 radical (unpaired) electrons. The van der Waals surface area contributed by atoms with Crippen molar-refractivity contribution in [3.05, 3.63) is 65.0 Å². The fraction of sp³-hybridized carbons (Fsp3) is 0.263. The first kappa shape index (κ1) is 20.6. The van der Waals surface area contributed by atoms with Gasteiger partial charge in [0.05, 0.1) is 47.6 Å². The van der Waals surface area contributed by atoms with Gasteiger partial charge in [-0.1, -0.05) is 17.7 Å². The summed E-state index contributed by atoms with van der Waals surface area (Å²) in [5, 5.41) is 11.1. The van der Waals surface area contributed by atoms with Gasteiger partial charge in [0, 0.05) is 19.5 Å². The molecule has 9 nitrogen and oxygen atoms in total. The number of alkyl halides is 2. The third-order valence-corrected chi connectivity index (χ3v) is 5.05. The Labute approximate surface area is 180 Å². The Balaban J connectivity index is 1.64. The predicted molar refractivity (Wildman–Crippen MR) is 108 cm³/mol. The van der Waals surface area contributed by atoms with Gasteiger partial charge in [-0.25, -0.2) is 23.6 Å². The van der Waals surface area contributed by atoms with Gasteiger partial charge < -0.3 is 10.2 Å². The predicted octanol–water partition coefficient (Wildman–Crippen LogP) is 3.22. The molecule has 2 aromatic heterocycles. The van der Waals surface area contributed by atoms with E-state index in [0.29, 0.717) is 10.7 Å². The molecule has 1 aliphatic heterocycles. The second-order valence-electron chi connectivity index (χ2n) is 6.76. The Morgan fingerprint density at radius 1 is 1.29 bits per heavy atom. The first-order valence-electron chi connectivity index (χ1n) is 9.17. The van der Waals surface area contributed by atoms with Crippen LogP contribution >= 0.6 is 11.6 Å². The van der Waals surface area contributed by atoms with Gasteiger partial charge in [0.1, 0.15) is 6.04 Å². The molecule has 4 rings (SSSR count). The summed E-state index contributed by atoms with van der Waals surface area (Å²) in [6, 6.07) is 2.95. The lowest BCUT2D eigenvalue weighted by Gasteiger charge is -2.28. The van der Waals surface area contributed by atoms with Crippen molar-refractivity contribution in [1.29, 1.82) is 0 Å². The van der Waals surface area contributed by atoms with E-state index in [1.807, 2.05) is 0 Å². The summed E-state index contributed by atoms with van der Waals surface area (Å²) in [6.07, 6.45) is 5.06. The van der Waals surface area contributed by atoms with Crippen molar-refractivity contribution < 1.29 is 13.6 Å². The number of aromatic nitrogens is 5. The maximum absolute atomic E-state index is 14.6. The molecule has 12 heteroatoms. The molecule has 0 aliphatic carbocycles. The molecule has 1 aromatic carbocycles. The number of carbonyl (C=O) groups is 1. The lowest BCUT2D eigenvalue weighted by atomic mass is 10.1. The number of anilines is 1. The van der Waals surface area contributed by atoms with Crippen molar-refractivity contribution >= 4 is 29.1 Å². The molecular formula is C19H15ClF2N8O. The second kappa shape index (κ2) is 8.23. The van der Waals surface area contributed by atoms with Crippen LogP contribution in [-0.4, -0.2) is 60.8 Å². The van der Waals surface area contributed by atoms with Crippen molar-refractivity contribution in [3.8, 4) is 5.69 Å². The van der Waals surface area contributed by atoms with Crippen LogP contribution in [0.4, 0.5) is 20.4 Å². The highest BCUT2D eigenvalue weighted by Crippen LogP contribution is 2.36. The van der Waals surface area contributed by atoms with Crippen molar-refractivity contribution in [2.24, 2.45) is 0 Å². The molecule has 1 N–H and O–H groups in total. The molecule has 1 unspecified atom stereocenters. The van der Waals surface area contributed by atoms with Gasteiger partial charge in [-0.2, -0.15) is 15.0 Å². The lowest BCUT2D eigenvalue weighted by molar-refractivity contribution is -0.0249. The quantitative estimate of drug-likeness (QED) is 0.607. The Morgan fingerprint density at radius 3 is 2.68 bits per heavy atom. The number of likely N-dealkylation sites (tertiary alicyclic amines) is 1. The summed E-state index contributed by atoms with van der Waals surface area (Å²) in [4.78, 5) is 26.8. The summed E-state index contributed by atoms with van der Waals surface area (Å²) in [5.41, 5.74) is 0.565. The molecule has 1 atom stereocenters. The largest absolute Gasteiger partial charge is 0.352 e. The number of hydrogen-bond acceptors (Lipinski definition) is 6. The third-order valence-electron chi connectivity index (χ3n) is 4.86. The summed E-state index contributed by atoms with van der Waals surface area (Å²) >= 11 is 5.74. The first-order chi connectivity index (χ1) is 14.9. The fourth-order valence-electron chi connectivity index (χ4n) is 3.35. The minimum Gasteiger partial charge on any atom is -0.352 e. The van der Waals surface area contributed by atoms with E-state index in [1.54, 1.807) is 0 Å². The highest BCUT2D eigenvalue weighted by atomic mass is 35.5. The normalized spacial score (nSPS) is 17.4. The molecule has 0 spiro atoms. The number of benzene rings is 1. The Bertz CT molecular complexity index is 1130. The zero-order valence-corrected chi connectivity index (χ0v) is 16.7. The van der Waals surface area contributed by atoms with Crippen molar-refractivity contribution in [1.82, 2.24) is 29.9 Å². The Morgan fingerprint density at radius 2 is 2.00 bits per heavy atom. The standard InChI is InChI=1S/C19H15ClF2N8O/c1-23-13-2-3-15(30-27-5-6-28-30)14(8-13)17(31)29-7-4-19(21,22)16(29)11-26-18-24-9-12(20)10-25-18/h2-3,5-6,8-10,16H,4,7,11H2,(H,24,25,26). The number of rotatable bonds is 5. The van der Waals surface area contributed by atoms with Crippen molar-refractivity contribution in [3.63, 3.8) is 0 Å². The first-order valence-corrected chi connectivity index (χ1v) is 9.55. The van der Waals surface area contributed by atoms with Crippen LogP contribution in [0.1, 0.15) is 16.8 Å². The summed E-state index contributed by atoms with van der Waals surface area (Å²) in [7, 11) is 0. The van der Waals surface area contributed by atoms with Gasteiger partial charge >= 0.3 is 0 Å². The van der Waals surface area contributed by atoms with Gasteiger partial charge in [-0.05, 0) is 12.1 Å². The number of halogens is 3. The zero-order valence-electron chi connectivity index (χ0n) is 15.9. The molecular weight excluding hydrogens is 430 g/mol. The van der Waals surface area contributed by atoms with E-state index in [1.165, 1.54) is 47.8 Å². The van der Waals surface area contributed by atoms with E-state index in [2.05, 4.69) is 30.3 Å². The van der Waals surface area contributed by atoms with E-state index in [0.717, 1.165) is 4.90 Å². The van der Waals surface area contributed by atoms with Crippen molar-refractivity contribution in [2.75, 3.05) is 18.4 Å². The van der Waals surface area contributed by atoms with Crippen LogP contribution in [0.5, 0.6) is 0 Å². The van der Waals surface area contributed by atoms with Gasteiger partial charge in [0.2, 0.25) is 5.95 Å². The SMILES string of the molecule is [C-]#[N+]c1ccc(-n2nccn2)c(C(=O)N2CCC(F)(F)C2CNc2ncc(Cl)cn2)c1. The summed E-state index contributed by atoms with van der Waals surface area (Å²) < 4.78 is 29.3. The highest BCUT2D eigenvalue weighted by Gasteiger charge is 2.50. The molecule has 1 aliphatic rings. The monoisotopic (exact) mass is 444 g/mol. The maximum Gasteiger partial charge on any atom is 0.271 e. The smallest absolute Gasteiger partial charge is 0.271 e. The Hall–Kier alpha value is -3.65. The molecule has 1 amide bonds. The van der Waals surface area contributed by atoms with Crippen LogP contribution in [0.2, 0.25) is 5.02 Å². The van der Waals surface area contributed by atoms with E-state index < -0.39 is 24.3 Å². The summed E-state index contributed by atoms with van der Waals surface area (Å²) in [6.45, 7) is 6.81. The minimum atomic E-state index is -3.11. The highest BCUT2D eigenvalue weighted by molar-refractivity contribution is 6.30. The van der Waals surface area contributed by atoms with Gasteiger partial charge in [-0.3, -0.25) is 4.79 Å². The van der Waals surface area contributed by atoms with E-state index in [4.69, 9.17) is 18.2 Å². The van der Waals surface area contributed by atoms with Crippen LogP contribution in [0.15, 0.2) is 43.0 Å². The molecule has 31 heavy (non-hydrogen) atoms. The number of nitrogens with one attached hydrogen (secondary N) is 1. The molecule has 3 aromatic rings. The van der Waals surface area contributed by atoms with E-state index in [9.17, 15) is 13.6 Å². The number of carbonyl (C=O) groups excluding carboxylic acids is 1. The number of hydrogen-bond donors (Lipinski definition) is 1. The molecule has 158 valence electrons. The van der Waals surface area contributed by atoms with Crippen LogP contribution in [0.3, 0.4) is 0 Å². The second-order valence-corrected chi connectivity index (χ2v) is 7.20. The number of amides is 1. The topological polar surface area (TPSA) is 93.2 Å². The molecule has 1 saturated heterocycles. The minimum absolute atomic E-state index is 0.0649. The van der Waals surface area contributed by atoms with Crippen LogP contribution in [0.25, 0.3) is 10.5 Å². The average molecular weight is 445 g/mol. The molecule has 1 fully saturated rings. The average Bonchev–Trinajstić information content (AvgIpc) is 3.40. The van der Waals surface area contributed by atoms with Crippen molar-refractivity contribution in [2.45, 2.75) is 18.4 Å². The molecule has 0 bridgehead atoms. The molecule has 3 heterocycles. The fourth-order valence-corrected chi connectivity index (χ4v) is 3.45. The van der Waals surface area contributed by atoms with E-state index >= 15 is 0 Å². The molecule has 0 saturated carbocycles. The maximum atomic E-state index is 14.6. The van der Waals surface area contributed by atoms with Gasteiger partial charge in [0.15, 0.2) is 5.69 Å². The Kier molecular flexibility index (Phi) is 5.48. The third kappa shape index (κ3) is 4.15. The van der Waals surface area contributed by atoms with Crippen LogP contribution in [-0.2, 0) is 0 Å². The van der Waals surface area contributed by atoms with E-state index in [-0.39, 0.29) is 30.3 Å². The van der Waals surface area contributed by atoms with Crippen LogP contribution in [0, 0.1) is 6.57 Å². The summed E-state index contributed by atoms with van der Waals surface area (Å²) in [5.74, 6) is -3.63.